The van der Waals surface area contributed by atoms with Crippen LogP contribution in [0.4, 0.5) is 0 Å². The van der Waals surface area contributed by atoms with E-state index in [1.807, 2.05) is 6.07 Å². The Hall–Kier alpha value is -1.45. The summed E-state index contributed by atoms with van der Waals surface area (Å²) >= 11 is 0. The van der Waals surface area contributed by atoms with Crippen LogP contribution in [0.3, 0.4) is 0 Å². The molecule has 0 aliphatic rings. The average molecular weight is 469 g/mol. The van der Waals surface area contributed by atoms with Gasteiger partial charge in [0.05, 0.1) is 12.2 Å². The van der Waals surface area contributed by atoms with Crippen molar-refractivity contribution in [3.05, 3.63) is 23.9 Å². The molecule has 0 fully saturated rings. The SMILES string of the molecule is CCCCCCCCCCCCCCCC[C@H](COP(=O)(O)O)Oc1ccc(C#N)cn1. The van der Waals surface area contributed by atoms with Crippen molar-refractivity contribution < 1.29 is 23.6 Å². The fourth-order valence-electron chi connectivity index (χ4n) is 3.61. The van der Waals surface area contributed by atoms with Crippen LogP contribution in [0.5, 0.6) is 5.88 Å². The first-order valence-corrected chi connectivity index (χ1v) is 13.7. The second-order valence-corrected chi connectivity index (χ2v) is 9.65. The fourth-order valence-corrected chi connectivity index (χ4v) is 3.97. The van der Waals surface area contributed by atoms with Crippen molar-refractivity contribution in [3.63, 3.8) is 0 Å². The Labute approximate surface area is 193 Å². The summed E-state index contributed by atoms with van der Waals surface area (Å²) in [6, 6.07) is 5.16. The zero-order valence-electron chi connectivity index (χ0n) is 19.6. The number of rotatable bonds is 20. The van der Waals surface area contributed by atoms with Crippen molar-refractivity contribution in [2.75, 3.05) is 6.61 Å². The number of hydrogen-bond donors (Lipinski definition) is 2. The fraction of sp³-hybridized carbons (Fsp3) is 0.750. The van der Waals surface area contributed by atoms with E-state index in [2.05, 4.69) is 16.4 Å². The lowest BCUT2D eigenvalue weighted by atomic mass is 10.0. The standard InChI is InChI=1S/C24H41N2O5P/c1-2-3-4-5-6-7-8-9-10-11-12-13-14-15-16-23(21-30-32(27,28)29)31-24-18-17-22(19-25)20-26-24/h17-18,20,23H,2-16,21H2,1H3,(H2,27,28,29)/t23-/m1/s1. The third-order valence-electron chi connectivity index (χ3n) is 5.46. The van der Waals surface area contributed by atoms with Gasteiger partial charge in [-0.1, -0.05) is 90.4 Å². The molecule has 8 heteroatoms. The zero-order valence-corrected chi connectivity index (χ0v) is 20.5. The molecule has 0 radical (unpaired) electrons. The van der Waals surface area contributed by atoms with E-state index in [4.69, 9.17) is 19.8 Å². The molecular weight excluding hydrogens is 427 g/mol. The van der Waals surface area contributed by atoms with Crippen molar-refractivity contribution in [2.24, 2.45) is 0 Å². The van der Waals surface area contributed by atoms with E-state index in [0.717, 1.165) is 19.3 Å². The second-order valence-electron chi connectivity index (χ2n) is 8.41. The Morgan fingerprint density at radius 1 is 0.938 bits per heavy atom. The van der Waals surface area contributed by atoms with Gasteiger partial charge in [0.1, 0.15) is 12.2 Å². The topological polar surface area (TPSA) is 113 Å². The Morgan fingerprint density at radius 3 is 1.91 bits per heavy atom. The number of pyridine rings is 1. The molecule has 0 aliphatic heterocycles. The summed E-state index contributed by atoms with van der Waals surface area (Å²) in [5.41, 5.74) is 0.423. The molecule has 0 saturated heterocycles. The maximum absolute atomic E-state index is 11.0. The lowest BCUT2D eigenvalue weighted by Gasteiger charge is -2.18. The van der Waals surface area contributed by atoms with Gasteiger partial charge in [-0.2, -0.15) is 5.26 Å². The number of unbranched alkanes of at least 4 members (excludes halogenated alkanes) is 13. The highest BCUT2D eigenvalue weighted by molar-refractivity contribution is 7.46. The van der Waals surface area contributed by atoms with E-state index < -0.39 is 13.9 Å². The third-order valence-corrected chi connectivity index (χ3v) is 5.95. The van der Waals surface area contributed by atoms with E-state index in [1.54, 1.807) is 12.1 Å². The summed E-state index contributed by atoms with van der Waals surface area (Å²) in [5.74, 6) is 0.314. The van der Waals surface area contributed by atoms with Crippen LogP contribution in [0.25, 0.3) is 0 Å². The van der Waals surface area contributed by atoms with Gasteiger partial charge in [0.15, 0.2) is 0 Å². The van der Waals surface area contributed by atoms with Crippen LogP contribution < -0.4 is 4.74 Å². The zero-order chi connectivity index (χ0) is 23.5. The molecule has 0 saturated carbocycles. The molecule has 1 aromatic rings. The first-order valence-electron chi connectivity index (χ1n) is 12.2. The van der Waals surface area contributed by atoms with Gasteiger partial charge >= 0.3 is 7.82 Å². The Balaban J connectivity index is 2.15. The maximum Gasteiger partial charge on any atom is 0.469 e. The van der Waals surface area contributed by atoms with Crippen LogP contribution in [-0.2, 0) is 9.09 Å². The molecule has 182 valence electrons. The first-order chi connectivity index (χ1) is 15.4. The first kappa shape index (κ1) is 28.6. The highest BCUT2D eigenvalue weighted by atomic mass is 31.2. The molecule has 1 rings (SSSR count). The van der Waals surface area contributed by atoms with E-state index in [9.17, 15) is 4.57 Å². The molecule has 2 N–H and O–H groups in total. The van der Waals surface area contributed by atoms with Crippen LogP contribution >= 0.6 is 7.82 Å². The molecule has 0 spiro atoms. The molecular formula is C24H41N2O5P. The number of nitriles is 1. The monoisotopic (exact) mass is 468 g/mol. The Bertz CT molecular complexity index is 672. The lowest BCUT2D eigenvalue weighted by Crippen LogP contribution is -2.23. The van der Waals surface area contributed by atoms with E-state index in [-0.39, 0.29) is 6.61 Å². The summed E-state index contributed by atoms with van der Waals surface area (Å²) in [7, 11) is -4.55. The molecule has 0 bridgehead atoms. The normalized spacial score (nSPS) is 12.4. The van der Waals surface area contributed by atoms with Crippen molar-refractivity contribution in [2.45, 2.75) is 109 Å². The van der Waals surface area contributed by atoms with Crippen molar-refractivity contribution in [3.8, 4) is 11.9 Å². The maximum atomic E-state index is 11.0. The predicted octanol–water partition coefficient (Wildman–Crippen LogP) is 6.68. The molecule has 1 atom stereocenters. The van der Waals surface area contributed by atoms with Gasteiger partial charge in [0, 0.05) is 12.3 Å². The van der Waals surface area contributed by atoms with Crippen LogP contribution in [-0.4, -0.2) is 27.5 Å². The molecule has 0 aliphatic carbocycles. The average Bonchev–Trinajstić information content (AvgIpc) is 2.77. The van der Waals surface area contributed by atoms with Gasteiger partial charge in [-0.05, 0) is 18.9 Å². The van der Waals surface area contributed by atoms with E-state index in [1.165, 1.54) is 76.8 Å². The van der Waals surface area contributed by atoms with E-state index in [0.29, 0.717) is 17.9 Å². The number of nitrogens with zero attached hydrogens (tertiary/aromatic N) is 2. The minimum atomic E-state index is -4.55. The van der Waals surface area contributed by atoms with Crippen molar-refractivity contribution in [1.82, 2.24) is 4.98 Å². The Morgan fingerprint density at radius 2 is 1.47 bits per heavy atom. The van der Waals surface area contributed by atoms with Crippen LogP contribution in [0.15, 0.2) is 18.3 Å². The highest BCUT2D eigenvalue weighted by Crippen LogP contribution is 2.36. The van der Waals surface area contributed by atoms with Crippen molar-refractivity contribution in [1.29, 1.82) is 5.26 Å². The predicted molar refractivity (Wildman–Crippen MR) is 126 cm³/mol. The van der Waals surface area contributed by atoms with Crippen LogP contribution in [0, 0.1) is 11.3 Å². The Kier molecular flexibility index (Phi) is 16.1. The number of phosphoric acid groups is 1. The smallest absolute Gasteiger partial charge is 0.469 e. The van der Waals surface area contributed by atoms with Gasteiger partial charge in [-0.3, -0.25) is 4.52 Å². The quantitative estimate of drug-likeness (QED) is 0.162. The largest absolute Gasteiger partial charge is 0.472 e. The number of aromatic nitrogens is 1. The van der Waals surface area contributed by atoms with Crippen LogP contribution in [0.2, 0.25) is 0 Å². The molecule has 32 heavy (non-hydrogen) atoms. The van der Waals surface area contributed by atoms with Gasteiger partial charge in [-0.15, -0.1) is 0 Å². The lowest BCUT2D eigenvalue weighted by molar-refractivity contribution is 0.0908. The van der Waals surface area contributed by atoms with Gasteiger partial charge in [-0.25, -0.2) is 9.55 Å². The second kappa shape index (κ2) is 18.0. The summed E-state index contributed by atoms with van der Waals surface area (Å²) in [6.45, 7) is 2.05. The summed E-state index contributed by atoms with van der Waals surface area (Å²) in [5, 5.41) is 8.84. The third kappa shape index (κ3) is 16.2. The summed E-state index contributed by atoms with van der Waals surface area (Å²) in [6.07, 6.45) is 19.3. The molecule has 7 nitrogen and oxygen atoms in total. The molecule has 1 aromatic heterocycles. The number of hydrogen-bond acceptors (Lipinski definition) is 5. The molecule has 0 amide bonds. The van der Waals surface area contributed by atoms with E-state index >= 15 is 0 Å². The van der Waals surface area contributed by atoms with Crippen molar-refractivity contribution >= 4 is 7.82 Å². The van der Waals surface area contributed by atoms with Gasteiger partial charge in [0.25, 0.3) is 0 Å². The minimum absolute atomic E-state index is 0.204. The minimum Gasteiger partial charge on any atom is -0.472 e. The summed E-state index contributed by atoms with van der Waals surface area (Å²) < 4.78 is 21.4. The van der Waals surface area contributed by atoms with Gasteiger partial charge < -0.3 is 14.5 Å². The molecule has 1 heterocycles. The summed E-state index contributed by atoms with van der Waals surface area (Å²) in [4.78, 5) is 22.0. The number of phosphoric ester groups is 1. The van der Waals surface area contributed by atoms with Crippen LogP contribution in [0.1, 0.15) is 109 Å². The highest BCUT2D eigenvalue weighted by Gasteiger charge is 2.19. The van der Waals surface area contributed by atoms with Gasteiger partial charge in [0.2, 0.25) is 5.88 Å². The molecule has 0 unspecified atom stereocenters. The number of ether oxygens (including phenoxy) is 1. The molecule has 0 aromatic carbocycles.